The van der Waals surface area contributed by atoms with Crippen LogP contribution in [0.2, 0.25) is 0 Å². The van der Waals surface area contributed by atoms with Crippen molar-refractivity contribution in [2.45, 2.75) is 32.2 Å². The highest BCUT2D eigenvalue weighted by Gasteiger charge is 2.20. The number of rotatable bonds is 7. The largest absolute Gasteiger partial charge is 0.494 e. The third kappa shape index (κ3) is 5.53. The van der Waals surface area contributed by atoms with Gasteiger partial charge in [0.2, 0.25) is 0 Å². The summed E-state index contributed by atoms with van der Waals surface area (Å²) in [5.41, 5.74) is 1.51. The van der Waals surface area contributed by atoms with Gasteiger partial charge in [0.05, 0.1) is 37.3 Å². The zero-order chi connectivity index (χ0) is 20.1. The predicted molar refractivity (Wildman–Crippen MR) is 118 cm³/mol. The van der Waals surface area contributed by atoms with Crippen molar-refractivity contribution in [2.75, 3.05) is 46.0 Å². The first-order valence-electron chi connectivity index (χ1n) is 10.6. The molecule has 1 aromatic heterocycles. The molecule has 4 rings (SSSR count). The average Bonchev–Trinajstić information content (AvgIpc) is 3.41. The molecule has 0 unspecified atom stereocenters. The molecule has 2 aliphatic rings. The van der Waals surface area contributed by atoms with Gasteiger partial charge in [-0.25, -0.2) is 4.68 Å². The Morgan fingerprint density at radius 2 is 1.97 bits per heavy atom. The van der Waals surface area contributed by atoms with Gasteiger partial charge in [0, 0.05) is 31.9 Å². The van der Waals surface area contributed by atoms with E-state index in [0.717, 1.165) is 31.0 Å². The van der Waals surface area contributed by atoms with Gasteiger partial charge in [-0.05, 0) is 57.0 Å². The fraction of sp³-hybridized carbons (Fsp3) is 0.545. The number of ether oxygens (including phenoxy) is 2. The Balaban J connectivity index is 0.00000256. The van der Waals surface area contributed by atoms with Crippen LogP contribution in [0, 0.1) is 0 Å². The van der Waals surface area contributed by atoms with Crippen LogP contribution < -0.4 is 4.74 Å². The maximum Gasteiger partial charge on any atom is 0.257 e. The number of carbonyl (C=O) groups is 1. The molecule has 8 heteroatoms. The monoisotopic (exact) mass is 434 g/mol. The Labute approximate surface area is 184 Å². The normalized spacial score (nSPS) is 19.5. The minimum Gasteiger partial charge on any atom is -0.494 e. The number of likely N-dealkylation sites (tertiary alicyclic amines) is 1. The number of halogens is 1. The van der Waals surface area contributed by atoms with E-state index in [1.54, 1.807) is 17.1 Å². The van der Waals surface area contributed by atoms with Gasteiger partial charge >= 0.3 is 0 Å². The summed E-state index contributed by atoms with van der Waals surface area (Å²) >= 11 is 0. The van der Waals surface area contributed by atoms with Crippen LogP contribution in [0.3, 0.4) is 0 Å². The summed E-state index contributed by atoms with van der Waals surface area (Å²) in [4.78, 5) is 16.9. The predicted octanol–water partition coefficient (Wildman–Crippen LogP) is 3.02. The number of hydrogen-bond acceptors (Lipinski definition) is 5. The molecule has 2 fully saturated rings. The van der Waals surface area contributed by atoms with E-state index in [-0.39, 0.29) is 18.3 Å². The molecule has 30 heavy (non-hydrogen) atoms. The Hall–Kier alpha value is -2.09. The number of benzene rings is 1. The third-order valence-electron chi connectivity index (χ3n) is 5.78. The molecule has 7 nitrogen and oxygen atoms in total. The molecule has 2 saturated heterocycles. The molecule has 0 aliphatic carbocycles. The lowest BCUT2D eigenvalue weighted by molar-refractivity contribution is 0.0303. The second kappa shape index (κ2) is 10.8. The third-order valence-corrected chi connectivity index (χ3v) is 5.78. The summed E-state index contributed by atoms with van der Waals surface area (Å²) in [5, 5.41) is 4.35. The molecule has 0 N–H and O–H groups in total. The van der Waals surface area contributed by atoms with E-state index >= 15 is 0 Å². The molecule has 0 bridgehead atoms. The van der Waals surface area contributed by atoms with Crippen LogP contribution in [-0.2, 0) is 4.74 Å². The Kier molecular flexibility index (Phi) is 8.13. The molecule has 0 spiro atoms. The molecule has 2 aromatic rings. The standard InChI is InChI=1S/C22H30N4O3.ClH/c1-18-4-2-9-24(18)10-3-13-29-21-7-5-20(6-8-21)26-17-19(16-23-26)22(27)25-11-14-28-15-12-25;/h5-8,16-18H,2-4,9-15H2,1H3;1H/t18-;/m1./s1. The summed E-state index contributed by atoms with van der Waals surface area (Å²) < 4.78 is 12.9. The zero-order valence-corrected chi connectivity index (χ0v) is 18.4. The maximum atomic E-state index is 12.6. The fourth-order valence-corrected chi connectivity index (χ4v) is 4.00. The molecular formula is C22H31ClN4O3. The van der Waals surface area contributed by atoms with Crippen LogP contribution in [-0.4, -0.2) is 77.5 Å². The highest BCUT2D eigenvalue weighted by atomic mass is 35.5. The van der Waals surface area contributed by atoms with Crippen LogP contribution in [0.15, 0.2) is 36.7 Å². The second-order valence-corrected chi connectivity index (χ2v) is 7.80. The second-order valence-electron chi connectivity index (χ2n) is 7.80. The zero-order valence-electron chi connectivity index (χ0n) is 17.5. The van der Waals surface area contributed by atoms with Gasteiger partial charge in [0.1, 0.15) is 5.75 Å². The molecule has 1 atom stereocenters. The molecule has 0 radical (unpaired) electrons. The van der Waals surface area contributed by atoms with Gasteiger partial charge < -0.3 is 19.3 Å². The molecular weight excluding hydrogens is 404 g/mol. The van der Waals surface area contributed by atoms with Crippen LogP contribution in [0.1, 0.15) is 36.5 Å². The quantitative estimate of drug-likeness (QED) is 0.627. The molecule has 2 aliphatic heterocycles. The van der Waals surface area contributed by atoms with Crippen LogP contribution >= 0.6 is 12.4 Å². The van der Waals surface area contributed by atoms with Gasteiger partial charge in [-0.15, -0.1) is 12.4 Å². The number of carbonyl (C=O) groups excluding carboxylic acids is 1. The first-order valence-corrected chi connectivity index (χ1v) is 10.6. The van der Waals surface area contributed by atoms with Crippen molar-refractivity contribution < 1.29 is 14.3 Å². The molecule has 1 amide bonds. The summed E-state index contributed by atoms with van der Waals surface area (Å²) in [6.07, 6.45) is 7.08. The average molecular weight is 435 g/mol. The van der Waals surface area contributed by atoms with Gasteiger partial charge in [-0.2, -0.15) is 5.10 Å². The Morgan fingerprint density at radius 3 is 2.67 bits per heavy atom. The van der Waals surface area contributed by atoms with Gasteiger partial charge in [0.15, 0.2) is 0 Å². The number of morpholine rings is 1. The SMILES string of the molecule is C[C@@H]1CCCN1CCCOc1ccc(-n2cc(C(=O)N3CCOCC3)cn2)cc1.Cl. The van der Waals surface area contributed by atoms with Gasteiger partial charge in [-0.3, -0.25) is 4.79 Å². The number of hydrogen-bond donors (Lipinski definition) is 0. The number of nitrogens with zero attached hydrogens (tertiary/aromatic N) is 4. The number of amides is 1. The van der Waals surface area contributed by atoms with Crippen molar-refractivity contribution in [3.05, 3.63) is 42.2 Å². The minimum absolute atomic E-state index is 0. The lowest BCUT2D eigenvalue weighted by Gasteiger charge is -2.26. The molecule has 164 valence electrons. The van der Waals surface area contributed by atoms with Crippen molar-refractivity contribution in [1.82, 2.24) is 19.6 Å². The van der Waals surface area contributed by atoms with Crippen molar-refractivity contribution in [2.24, 2.45) is 0 Å². The molecule has 3 heterocycles. The van der Waals surface area contributed by atoms with Crippen molar-refractivity contribution in [3.63, 3.8) is 0 Å². The van der Waals surface area contributed by atoms with E-state index in [1.807, 2.05) is 29.2 Å². The van der Waals surface area contributed by atoms with Crippen LogP contribution in [0.5, 0.6) is 5.75 Å². The van der Waals surface area contributed by atoms with Gasteiger partial charge in [0.25, 0.3) is 5.91 Å². The van der Waals surface area contributed by atoms with Gasteiger partial charge in [-0.1, -0.05) is 0 Å². The smallest absolute Gasteiger partial charge is 0.257 e. The topological polar surface area (TPSA) is 59.8 Å². The highest BCUT2D eigenvalue weighted by molar-refractivity contribution is 5.93. The van der Waals surface area contributed by atoms with E-state index in [9.17, 15) is 4.79 Å². The minimum atomic E-state index is 0. The first-order chi connectivity index (χ1) is 14.2. The lowest BCUT2D eigenvalue weighted by atomic mass is 10.2. The fourth-order valence-electron chi connectivity index (χ4n) is 4.00. The molecule has 0 saturated carbocycles. The van der Waals surface area contributed by atoms with Crippen LogP contribution in [0.4, 0.5) is 0 Å². The highest BCUT2D eigenvalue weighted by Crippen LogP contribution is 2.18. The van der Waals surface area contributed by atoms with E-state index in [1.165, 1.54) is 19.4 Å². The van der Waals surface area contributed by atoms with E-state index in [2.05, 4.69) is 16.9 Å². The van der Waals surface area contributed by atoms with Crippen molar-refractivity contribution >= 4 is 18.3 Å². The maximum absolute atomic E-state index is 12.6. The van der Waals surface area contributed by atoms with Crippen molar-refractivity contribution in [1.29, 1.82) is 0 Å². The van der Waals surface area contributed by atoms with E-state index in [0.29, 0.717) is 37.9 Å². The summed E-state index contributed by atoms with van der Waals surface area (Å²) in [6.45, 7) is 7.81. The van der Waals surface area contributed by atoms with Crippen molar-refractivity contribution in [3.8, 4) is 11.4 Å². The summed E-state index contributed by atoms with van der Waals surface area (Å²) in [7, 11) is 0. The van der Waals surface area contributed by atoms with Crippen LogP contribution in [0.25, 0.3) is 5.69 Å². The van der Waals surface area contributed by atoms with E-state index < -0.39 is 0 Å². The Bertz CT molecular complexity index is 805. The summed E-state index contributed by atoms with van der Waals surface area (Å²) in [6, 6.07) is 8.56. The first kappa shape index (κ1) is 22.6. The lowest BCUT2D eigenvalue weighted by Crippen LogP contribution is -2.40. The number of aromatic nitrogens is 2. The van der Waals surface area contributed by atoms with E-state index in [4.69, 9.17) is 9.47 Å². The Morgan fingerprint density at radius 1 is 1.20 bits per heavy atom. The molecule has 1 aromatic carbocycles. The summed E-state index contributed by atoms with van der Waals surface area (Å²) in [5.74, 6) is 0.867.